The number of nitrogens with one attached hydrogen (secondary N) is 1. The Balaban J connectivity index is 2.88. The fourth-order valence-electron chi connectivity index (χ4n) is 1.25. The monoisotopic (exact) mass is 216 g/mol. The van der Waals surface area contributed by atoms with Crippen LogP contribution in [0.5, 0.6) is 0 Å². The van der Waals surface area contributed by atoms with Gasteiger partial charge in [-0.25, -0.2) is 8.78 Å². The van der Waals surface area contributed by atoms with E-state index in [-0.39, 0.29) is 17.4 Å². The van der Waals surface area contributed by atoms with Gasteiger partial charge in [-0.1, -0.05) is 0 Å². The van der Waals surface area contributed by atoms with E-state index in [1.165, 1.54) is 13.2 Å². The normalized spacial score (nSPS) is 12.5. The van der Waals surface area contributed by atoms with Crippen molar-refractivity contribution in [2.75, 3.05) is 24.8 Å². The van der Waals surface area contributed by atoms with Crippen LogP contribution >= 0.6 is 0 Å². The standard InChI is InChI=1S/C10H14F2N2O/c1-6(5-15-2)14-10-8(13)4-3-7(11)9(10)12/h3-4,6,14H,5,13H2,1-2H3. The van der Waals surface area contributed by atoms with E-state index in [2.05, 4.69) is 5.32 Å². The third kappa shape index (κ3) is 2.79. The highest BCUT2D eigenvalue weighted by molar-refractivity contribution is 5.67. The van der Waals surface area contributed by atoms with E-state index < -0.39 is 11.6 Å². The van der Waals surface area contributed by atoms with E-state index in [9.17, 15) is 8.78 Å². The van der Waals surface area contributed by atoms with Gasteiger partial charge in [0, 0.05) is 13.2 Å². The SMILES string of the molecule is COCC(C)Nc1c(N)ccc(F)c1F. The Labute approximate surface area is 87.2 Å². The van der Waals surface area contributed by atoms with Crippen molar-refractivity contribution in [1.82, 2.24) is 0 Å². The van der Waals surface area contributed by atoms with E-state index in [1.807, 2.05) is 0 Å². The van der Waals surface area contributed by atoms with Crippen molar-refractivity contribution in [2.24, 2.45) is 0 Å². The summed E-state index contributed by atoms with van der Waals surface area (Å²) in [7, 11) is 1.53. The van der Waals surface area contributed by atoms with E-state index in [0.29, 0.717) is 6.61 Å². The molecule has 1 unspecified atom stereocenters. The highest BCUT2D eigenvalue weighted by Crippen LogP contribution is 2.25. The fraction of sp³-hybridized carbons (Fsp3) is 0.400. The summed E-state index contributed by atoms with van der Waals surface area (Å²) < 4.78 is 31.1. The first-order chi connectivity index (χ1) is 7.06. The van der Waals surface area contributed by atoms with Gasteiger partial charge in [-0.15, -0.1) is 0 Å². The molecule has 3 nitrogen and oxygen atoms in total. The maximum Gasteiger partial charge on any atom is 0.183 e. The summed E-state index contributed by atoms with van der Waals surface area (Å²) in [6.07, 6.45) is 0. The molecule has 0 saturated carbocycles. The van der Waals surface area contributed by atoms with Crippen molar-refractivity contribution in [3.8, 4) is 0 Å². The van der Waals surface area contributed by atoms with Crippen molar-refractivity contribution in [1.29, 1.82) is 0 Å². The van der Waals surface area contributed by atoms with Crippen LogP contribution in [0.3, 0.4) is 0 Å². The number of halogens is 2. The van der Waals surface area contributed by atoms with Crippen LogP contribution in [0.25, 0.3) is 0 Å². The number of anilines is 2. The zero-order valence-corrected chi connectivity index (χ0v) is 8.68. The zero-order chi connectivity index (χ0) is 11.4. The van der Waals surface area contributed by atoms with Crippen molar-refractivity contribution in [2.45, 2.75) is 13.0 Å². The molecule has 0 amide bonds. The smallest absolute Gasteiger partial charge is 0.183 e. The minimum atomic E-state index is -0.960. The van der Waals surface area contributed by atoms with Crippen LogP contribution in [0, 0.1) is 11.6 Å². The molecule has 3 N–H and O–H groups in total. The van der Waals surface area contributed by atoms with Crippen molar-refractivity contribution in [3.05, 3.63) is 23.8 Å². The number of hydrogen-bond acceptors (Lipinski definition) is 3. The van der Waals surface area contributed by atoms with Gasteiger partial charge in [-0.05, 0) is 19.1 Å². The van der Waals surface area contributed by atoms with E-state index >= 15 is 0 Å². The molecule has 0 aliphatic rings. The lowest BCUT2D eigenvalue weighted by molar-refractivity contribution is 0.190. The quantitative estimate of drug-likeness (QED) is 0.757. The second-order valence-electron chi connectivity index (χ2n) is 3.33. The third-order valence-electron chi connectivity index (χ3n) is 1.93. The maximum absolute atomic E-state index is 13.3. The van der Waals surface area contributed by atoms with Gasteiger partial charge in [0.15, 0.2) is 11.6 Å². The highest BCUT2D eigenvalue weighted by Gasteiger charge is 2.13. The molecule has 0 fully saturated rings. The number of nitrogens with two attached hydrogens (primary N) is 1. The average molecular weight is 216 g/mol. The summed E-state index contributed by atoms with van der Waals surface area (Å²) in [4.78, 5) is 0. The van der Waals surface area contributed by atoms with Crippen LogP contribution in [-0.2, 0) is 4.74 Å². The topological polar surface area (TPSA) is 47.3 Å². The second-order valence-corrected chi connectivity index (χ2v) is 3.33. The first-order valence-corrected chi connectivity index (χ1v) is 4.55. The summed E-state index contributed by atoms with van der Waals surface area (Å²) in [6, 6.07) is 2.17. The minimum absolute atomic E-state index is 0.0143. The van der Waals surface area contributed by atoms with Crippen molar-refractivity contribution < 1.29 is 13.5 Å². The molecule has 0 radical (unpaired) electrons. The Morgan fingerprint density at radius 1 is 1.47 bits per heavy atom. The molecule has 1 aromatic rings. The van der Waals surface area contributed by atoms with Crippen molar-refractivity contribution >= 4 is 11.4 Å². The first kappa shape index (κ1) is 11.7. The Morgan fingerprint density at radius 2 is 2.13 bits per heavy atom. The molecule has 0 heterocycles. The number of rotatable bonds is 4. The van der Waals surface area contributed by atoms with Crippen molar-refractivity contribution in [3.63, 3.8) is 0 Å². The molecular weight excluding hydrogens is 202 g/mol. The summed E-state index contributed by atoms with van der Waals surface area (Å²) in [5.74, 6) is -1.88. The molecule has 1 aromatic carbocycles. The van der Waals surface area contributed by atoms with Gasteiger partial charge in [0.05, 0.1) is 18.0 Å². The van der Waals surface area contributed by atoms with E-state index in [0.717, 1.165) is 6.07 Å². The Bertz CT molecular complexity index is 344. The molecule has 1 atom stereocenters. The van der Waals surface area contributed by atoms with Crippen LogP contribution in [-0.4, -0.2) is 19.8 Å². The van der Waals surface area contributed by atoms with E-state index in [1.54, 1.807) is 6.92 Å². The summed E-state index contributed by atoms with van der Waals surface area (Å²) in [5, 5.41) is 2.76. The Hall–Kier alpha value is -1.36. The predicted molar refractivity (Wildman–Crippen MR) is 55.7 cm³/mol. The molecule has 1 rings (SSSR count). The molecule has 5 heteroatoms. The Morgan fingerprint density at radius 3 is 2.73 bits per heavy atom. The molecule has 0 bridgehead atoms. The average Bonchev–Trinajstić information content (AvgIpc) is 2.19. The molecule has 0 aliphatic heterocycles. The van der Waals surface area contributed by atoms with Crippen LogP contribution in [0.15, 0.2) is 12.1 Å². The van der Waals surface area contributed by atoms with Crippen LogP contribution in [0.1, 0.15) is 6.92 Å². The lowest BCUT2D eigenvalue weighted by Gasteiger charge is -2.16. The lowest BCUT2D eigenvalue weighted by Crippen LogP contribution is -2.22. The lowest BCUT2D eigenvalue weighted by atomic mass is 10.2. The first-order valence-electron chi connectivity index (χ1n) is 4.55. The minimum Gasteiger partial charge on any atom is -0.397 e. The van der Waals surface area contributed by atoms with E-state index in [4.69, 9.17) is 10.5 Å². The molecule has 84 valence electrons. The zero-order valence-electron chi connectivity index (χ0n) is 8.68. The number of hydrogen-bond donors (Lipinski definition) is 2. The van der Waals surface area contributed by atoms with Crippen LogP contribution in [0.4, 0.5) is 20.2 Å². The van der Waals surface area contributed by atoms with Gasteiger partial charge in [0.1, 0.15) is 0 Å². The Kier molecular flexibility index (Phi) is 3.85. The summed E-state index contributed by atoms with van der Waals surface area (Å²) >= 11 is 0. The van der Waals surface area contributed by atoms with Gasteiger partial charge >= 0.3 is 0 Å². The molecule has 0 aliphatic carbocycles. The maximum atomic E-state index is 13.3. The molecule has 0 aromatic heterocycles. The van der Waals surface area contributed by atoms with Crippen LogP contribution < -0.4 is 11.1 Å². The van der Waals surface area contributed by atoms with Gasteiger partial charge in [0.25, 0.3) is 0 Å². The van der Waals surface area contributed by atoms with Gasteiger partial charge in [0.2, 0.25) is 0 Å². The highest BCUT2D eigenvalue weighted by atomic mass is 19.2. The molecule has 0 saturated heterocycles. The van der Waals surface area contributed by atoms with Gasteiger partial charge in [-0.3, -0.25) is 0 Å². The summed E-state index contributed by atoms with van der Waals surface area (Å²) in [6.45, 7) is 2.17. The van der Waals surface area contributed by atoms with Gasteiger partial charge < -0.3 is 15.8 Å². The number of methoxy groups -OCH3 is 1. The van der Waals surface area contributed by atoms with Gasteiger partial charge in [-0.2, -0.15) is 0 Å². The number of ether oxygens (including phenoxy) is 1. The fourth-order valence-corrected chi connectivity index (χ4v) is 1.25. The molecular formula is C10H14F2N2O. The summed E-state index contributed by atoms with van der Waals surface area (Å²) in [5.41, 5.74) is 5.69. The molecule has 0 spiro atoms. The van der Waals surface area contributed by atoms with Crippen LogP contribution in [0.2, 0.25) is 0 Å². The second kappa shape index (κ2) is 4.93. The number of nitrogen functional groups attached to an aromatic ring is 1. The number of benzene rings is 1. The predicted octanol–water partition coefficient (Wildman–Crippen LogP) is 1.99. The molecule has 15 heavy (non-hydrogen) atoms. The largest absolute Gasteiger partial charge is 0.397 e. The third-order valence-corrected chi connectivity index (χ3v) is 1.93.